The normalized spacial score (nSPS) is 14.2. The average Bonchev–Trinajstić information content (AvgIpc) is 3.31. The van der Waals surface area contributed by atoms with Crippen molar-refractivity contribution < 1.29 is 4.74 Å². The predicted octanol–water partition coefficient (Wildman–Crippen LogP) is 3.07. The standard InChI is InChI=1S/C15H17N3O/c1-16-14-9-12(17-15(18-14)10-7-8-10)11-5-3-4-6-13(11)19-2/h3-6,9-10H,7-8H2,1-2H3,(H,16,17,18). The molecule has 1 aliphatic carbocycles. The van der Waals surface area contributed by atoms with Crippen LogP contribution in [0.4, 0.5) is 5.82 Å². The smallest absolute Gasteiger partial charge is 0.134 e. The first-order chi connectivity index (χ1) is 9.31. The molecule has 1 fully saturated rings. The number of para-hydroxylation sites is 1. The van der Waals surface area contributed by atoms with Crippen LogP contribution in [0.3, 0.4) is 0 Å². The summed E-state index contributed by atoms with van der Waals surface area (Å²) in [7, 11) is 3.56. The number of hydrogen-bond donors (Lipinski definition) is 1. The van der Waals surface area contributed by atoms with Gasteiger partial charge in [0.1, 0.15) is 17.4 Å². The molecule has 0 bridgehead atoms. The maximum absolute atomic E-state index is 5.41. The molecule has 0 spiro atoms. The zero-order valence-corrected chi connectivity index (χ0v) is 11.2. The monoisotopic (exact) mass is 255 g/mol. The van der Waals surface area contributed by atoms with E-state index in [4.69, 9.17) is 9.72 Å². The maximum atomic E-state index is 5.41. The molecule has 1 aromatic carbocycles. The molecule has 4 nitrogen and oxygen atoms in total. The number of nitrogens with one attached hydrogen (secondary N) is 1. The zero-order chi connectivity index (χ0) is 13.2. The lowest BCUT2D eigenvalue weighted by Gasteiger charge is -2.10. The van der Waals surface area contributed by atoms with Gasteiger partial charge in [-0.2, -0.15) is 0 Å². The van der Waals surface area contributed by atoms with Gasteiger partial charge in [-0.1, -0.05) is 12.1 Å². The molecular formula is C15H17N3O. The molecule has 1 aliphatic rings. The first-order valence-corrected chi connectivity index (χ1v) is 6.52. The first kappa shape index (κ1) is 12.0. The number of methoxy groups -OCH3 is 1. The van der Waals surface area contributed by atoms with E-state index in [1.807, 2.05) is 37.4 Å². The number of aromatic nitrogens is 2. The third-order valence-electron chi connectivity index (χ3n) is 3.33. The Balaban J connectivity index is 2.10. The van der Waals surface area contributed by atoms with Crippen molar-refractivity contribution in [3.05, 3.63) is 36.2 Å². The van der Waals surface area contributed by atoms with Crippen molar-refractivity contribution in [2.75, 3.05) is 19.5 Å². The van der Waals surface area contributed by atoms with Gasteiger partial charge in [0.25, 0.3) is 0 Å². The van der Waals surface area contributed by atoms with Crippen LogP contribution in [-0.2, 0) is 0 Å². The second-order valence-corrected chi connectivity index (χ2v) is 4.72. The van der Waals surface area contributed by atoms with E-state index in [2.05, 4.69) is 10.3 Å². The molecular weight excluding hydrogens is 238 g/mol. The number of rotatable bonds is 4. The van der Waals surface area contributed by atoms with E-state index in [1.165, 1.54) is 12.8 Å². The summed E-state index contributed by atoms with van der Waals surface area (Å²) < 4.78 is 5.41. The number of hydrogen-bond acceptors (Lipinski definition) is 4. The molecule has 1 aromatic heterocycles. The summed E-state index contributed by atoms with van der Waals surface area (Å²) in [6.07, 6.45) is 2.39. The van der Waals surface area contributed by atoms with Crippen LogP contribution < -0.4 is 10.1 Å². The van der Waals surface area contributed by atoms with Crippen molar-refractivity contribution in [3.63, 3.8) is 0 Å². The van der Waals surface area contributed by atoms with Gasteiger partial charge in [0.2, 0.25) is 0 Å². The second-order valence-electron chi connectivity index (χ2n) is 4.72. The Morgan fingerprint density at radius 3 is 2.68 bits per heavy atom. The minimum Gasteiger partial charge on any atom is -0.496 e. The van der Waals surface area contributed by atoms with E-state index in [0.717, 1.165) is 28.6 Å². The lowest BCUT2D eigenvalue weighted by Crippen LogP contribution is -2.01. The van der Waals surface area contributed by atoms with E-state index in [1.54, 1.807) is 7.11 Å². The van der Waals surface area contributed by atoms with Gasteiger partial charge < -0.3 is 10.1 Å². The molecule has 0 aliphatic heterocycles. The number of ether oxygens (including phenoxy) is 1. The fourth-order valence-electron chi connectivity index (χ4n) is 2.11. The molecule has 98 valence electrons. The molecule has 0 amide bonds. The average molecular weight is 255 g/mol. The molecule has 3 rings (SSSR count). The van der Waals surface area contributed by atoms with E-state index >= 15 is 0 Å². The van der Waals surface area contributed by atoms with Crippen molar-refractivity contribution >= 4 is 5.82 Å². The second kappa shape index (κ2) is 4.88. The van der Waals surface area contributed by atoms with Gasteiger partial charge in [-0.05, 0) is 25.0 Å². The Morgan fingerprint density at radius 1 is 1.21 bits per heavy atom. The highest BCUT2D eigenvalue weighted by Gasteiger charge is 2.27. The summed E-state index contributed by atoms with van der Waals surface area (Å²) in [4.78, 5) is 9.22. The third-order valence-corrected chi connectivity index (χ3v) is 3.33. The van der Waals surface area contributed by atoms with Gasteiger partial charge in [-0.3, -0.25) is 0 Å². The van der Waals surface area contributed by atoms with Crippen molar-refractivity contribution in [2.24, 2.45) is 0 Å². The molecule has 1 heterocycles. The third kappa shape index (κ3) is 2.38. The van der Waals surface area contributed by atoms with Gasteiger partial charge in [0, 0.05) is 24.6 Å². The molecule has 1 N–H and O–H groups in total. The quantitative estimate of drug-likeness (QED) is 0.912. The van der Waals surface area contributed by atoms with Gasteiger partial charge in [0.15, 0.2) is 0 Å². The summed E-state index contributed by atoms with van der Waals surface area (Å²) >= 11 is 0. The Morgan fingerprint density at radius 2 is 2.00 bits per heavy atom. The van der Waals surface area contributed by atoms with E-state index in [0.29, 0.717) is 5.92 Å². The van der Waals surface area contributed by atoms with Crippen LogP contribution in [0.15, 0.2) is 30.3 Å². The summed E-state index contributed by atoms with van der Waals surface area (Å²) in [6.45, 7) is 0. The molecule has 19 heavy (non-hydrogen) atoms. The summed E-state index contributed by atoms with van der Waals surface area (Å²) in [5.74, 6) is 3.16. The Hall–Kier alpha value is -2.10. The summed E-state index contributed by atoms with van der Waals surface area (Å²) in [6, 6.07) is 9.90. The molecule has 1 saturated carbocycles. The van der Waals surface area contributed by atoms with Crippen LogP contribution in [0, 0.1) is 0 Å². The van der Waals surface area contributed by atoms with Gasteiger partial charge in [-0.15, -0.1) is 0 Å². The summed E-state index contributed by atoms with van der Waals surface area (Å²) in [5.41, 5.74) is 1.92. The molecule has 0 radical (unpaired) electrons. The molecule has 0 atom stereocenters. The van der Waals surface area contributed by atoms with Crippen LogP contribution >= 0.6 is 0 Å². The Bertz CT molecular complexity index is 594. The van der Waals surface area contributed by atoms with Crippen LogP contribution in [0.5, 0.6) is 5.75 Å². The number of anilines is 1. The lowest BCUT2D eigenvalue weighted by atomic mass is 10.1. The SMILES string of the molecule is CNc1cc(-c2ccccc2OC)nc(C2CC2)n1. The highest BCUT2D eigenvalue weighted by Crippen LogP contribution is 2.39. The van der Waals surface area contributed by atoms with Crippen LogP contribution in [-0.4, -0.2) is 24.1 Å². The van der Waals surface area contributed by atoms with Crippen LogP contribution in [0.25, 0.3) is 11.3 Å². The van der Waals surface area contributed by atoms with E-state index in [9.17, 15) is 0 Å². The summed E-state index contributed by atoms with van der Waals surface area (Å²) in [5, 5.41) is 3.11. The number of benzene rings is 1. The van der Waals surface area contributed by atoms with Gasteiger partial charge in [-0.25, -0.2) is 9.97 Å². The fraction of sp³-hybridized carbons (Fsp3) is 0.333. The topological polar surface area (TPSA) is 47.0 Å². The van der Waals surface area contributed by atoms with Crippen LogP contribution in [0.2, 0.25) is 0 Å². The van der Waals surface area contributed by atoms with Crippen molar-refractivity contribution in [2.45, 2.75) is 18.8 Å². The maximum Gasteiger partial charge on any atom is 0.134 e. The van der Waals surface area contributed by atoms with Crippen LogP contribution in [0.1, 0.15) is 24.6 Å². The van der Waals surface area contributed by atoms with E-state index < -0.39 is 0 Å². The van der Waals surface area contributed by atoms with Crippen molar-refractivity contribution in [1.29, 1.82) is 0 Å². The highest BCUT2D eigenvalue weighted by molar-refractivity contribution is 5.69. The minimum absolute atomic E-state index is 0.529. The number of nitrogens with zero attached hydrogens (tertiary/aromatic N) is 2. The molecule has 0 saturated heterocycles. The minimum atomic E-state index is 0.529. The zero-order valence-electron chi connectivity index (χ0n) is 11.2. The highest BCUT2D eigenvalue weighted by atomic mass is 16.5. The largest absolute Gasteiger partial charge is 0.496 e. The Labute approximate surface area is 112 Å². The molecule has 0 unspecified atom stereocenters. The van der Waals surface area contributed by atoms with Gasteiger partial charge in [0.05, 0.1) is 12.8 Å². The first-order valence-electron chi connectivity index (χ1n) is 6.52. The predicted molar refractivity (Wildman–Crippen MR) is 75.5 cm³/mol. The lowest BCUT2D eigenvalue weighted by molar-refractivity contribution is 0.416. The van der Waals surface area contributed by atoms with Gasteiger partial charge >= 0.3 is 0 Å². The molecule has 2 aromatic rings. The molecule has 4 heteroatoms. The van der Waals surface area contributed by atoms with E-state index in [-0.39, 0.29) is 0 Å². The Kier molecular flexibility index (Phi) is 3.07. The van der Waals surface area contributed by atoms with Crippen molar-refractivity contribution in [1.82, 2.24) is 9.97 Å². The van der Waals surface area contributed by atoms with Crippen molar-refractivity contribution in [3.8, 4) is 17.0 Å². The fourth-order valence-corrected chi connectivity index (χ4v) is 2.11.